The number of nitrogens with one attached hydrogen (secondary N) is 2. The predicted molar refractivity (Wildman–Crippen MR) is 39.5 cm³/mol. The van der Waals surface area contributed by atoms with Gasteiger partial charge >= 0.3 is 0 Å². The molecule has 0 amide bonds. The second-order valence-corrected chi connectivity index (χ2v) is 1.89. The Bertz CT molecular complexity index is 228. The van der Waals surface area contributed by atoms with Gasteiger partial charge in [0.2, 0.25) is 5.95 Å². The average molecular weight is 155 g/mol. The molecule has 0 atom stereocenters. The van der Waals surface area contributed by atoms with E-state index in [4.69, 9.17) is 5.21 Å². The fraction of sp³-hybridized carbons (Fsp3) is 0.400. The fourth-order valence-corrected chi connectivity index (χ4v) is 0.644. The van der Waals surface area contributed by atoms with E-state index < -0.39 is 0 Å². The summed E-state index contributed by atoms with van der Waals surface area (Å²) >= 11 is 0. The zero-order valence-corrected chi connectivity index (χ0v) is 6.29. The molecule has 11 heavy (non-hydrogen) atoms. The van der Waals surface area contributed by atoms with Gasteiger partial charge in [0.25, 0.3) is 5.95 Å². The van der Waals surface area contributed by atoms with Crippen molar-refractivity contribution < 1.29 is 5.21 Å². The van der Waals surface area contributed by atoms with Crippen LogP contribution in [0.5, 0.6) is 0 Å². The Morgan fingerprint density at radius 1 is 1.18 bits per heavy atom. The number of hydrogen-bond acceptors (Lipinski definition) is 6. The molecular formula is C5H9N5O. The normalized spacial score (nSPS) is 9.36. The van der Waals surface area contributed by atoms with Gasteiger partial charge in [0.05, 0.1) is 0 Å². The van der Waals surface area contributed by atoms with Crippen LogP contribution in [0.15, 0.2) is 0 Å². The smallest absolute Gasteiger partial charge is 0.251 e. The molecule has 0 radical (unpaired) electrons. The molecule has 0 aliphatic carbocycles. The van der Waals surface area contributed by atoms with Crippen molar-refractivity contribution in [2.75, 3.05) is 17.8 Å². The number of rotatable bonds is 2. The molecule has 3 N–H and O–H groups in total. The first-order chi connectivity index (χ1) is 5.26. The Hall–Kier alpha value is -1.43. The summed E-state index contributed by atoms with van der Waals surface area (Å²) in [4.78, 5) is 11.5. The van der Waals surface area contributed by atoms with Gasteiger partial charge in [-0.3, -0.25) is 5.21 Å². The molecular weight excluding hydrogens is 146 g/mol. The zero-order valence-electron chi connectivity index (χ0n) is 6.29. The lowest BCUT2D eigenvalue weighted by Gasteiger charge is -2.01. The maximum Gasteiger partial charge on any atom is 0.251 e. The van der Waals surface area contributed by atoms with Crippen LogP contribution in [0.1, 0.15) is 5.82 Å². The van der Waals surface area contributed by atoms with Crippen molar-refractivity contribution in [2.45, 2.75) is 6.92 Å². The van der Waals surface area contributed by atoms with Crippen LogP contribution in [0.2, 0.25) is 0 Å². The maximum atomic E-state index is 8.45. The summed E-state index contributed by atoms with van der Waals surface area (Å²) in [6.07, 6.45) is 0. The van der Waals surface area contributed by atoms with Crippen molar-refractivity contribution in [3.63, 3.8) is 0 Å². The highest BCUT2D eigenvalue weighted by Crippen LogP contribution is 2.01. The topological polar surface area (TPSA) is 83.0 Å². The van der Waals surface area contributed by atoms with Gasteiger partial charge in [-0.1, -0.05) is 0 Å². The van der Waals surface area contributed by atoms with E-state index in [1.807, 2.05) is 5.48 Å². The number of aromatic nitrogens is 3. The van der Waals surface area contributed by atoms with Crippen LogP contribution < -0.4 is 10.8 Å². The minimum absolute atomic E-state index is 0.141. The van der Waals surface area contributed by atoms with Crippen LogP contribution in [0.25, 0.3) is 0 Å². The van der Waals surface area contributed by atoms with Crippen molar-refractivity contribution >= 4 is 11.9 Å². The molecule has 0 saturated heterocycles. The lowest BCUT2D eigenvalue weighted by Crippen LogP contribution is -2.05. The molecule has 6 nitrogen and oxygen atoms in total. The van der Waals surface area contributed by atoms with Gasteiger partial charge in [-0.2, -0.15) is 15.0 Å². The summed E-state index contributed by atoms with van der Waals surface area (Å²) in [5.41, 5.74) is 1.84. The highest BCUT2D eigenvalue weighted by Gasteiger charge is 1.98. The summed E-state index contributed by atoms with van der Waals surface area (Å²) < 4.78 is 0. The zero-order chi connectivity index (χ0) is 8.27. The van der Waals surface area contributed by atoms with Gasteiger partial charge in [0.15, 0.2) is 0 Å². The maximum absolute atomic E-state index is 8.45. The van der Waals surface area contributed by atoms with Crippen LogP contribution >= 0.6 is 0 Å². The van der Waals surface area contributed by atoms with E-state index in [1.165, 1.54) is 0 Å². The highest BCUT2D eigenvalue weighted by molar-refractivity contribution is 5.31. The average Bonchev–Trinajstić information content (AvgIpc) is 2.03. The van der Waals surface area contributed by atoms with Gasteiger partial charge in [-0.25, -0.2) is 5.48 Å². The molecule has 0 bridgehead atoms. The first-order valence-electron chi connectivity index (χ1n) is 3.07. The van der Waals surface area contributed by atoms with Gasteiger partial charge in [0.1, 0.15) is 5.82 Å². The summed E-state index contributed by atoms with van der Waals surface area (Å²) in [6.45, 7) is 1.71. The highest BCUT2D eigenvalue weighted by atomic mass is 16.5. The molecule has 1 aromatic rings. The molecule has 0 fully saturated rings. The molecule has 0 aliphatic rings. The monoisotopic (exact) mass is 155 g/mol. The Balaban J connectivity index is 3.02. The Morgan fingerprint density at radius 2 is 1.82 bits per heavy atom. The van der Waals surface area contributed by atoms with Gasteiger partial charge in [0, 0.05) is 7.05 Å². The van der Waals surface area contributed by atoms with Crippen LogP contribution in [0, 0.1) is 6.92 Å². The lowest BCUT2D eigenvalue weighted by molar-refractivity contribution is 0.382. The van der Waals surface area contributed by atoms with E-state index in [2.05, 4.69) is 20.3 Å². The summed E-state index contributed by atoms with van der Waals surface area (Å²) in [5, 5.41) is 11.2. The van der Waals surface area contributed by atoms with Crippen molar-refractivity contribution in [1.29, 1.82) is 0 Å². The van der Waals surface area contributed by atoms with Crippen molar-refractivity contribution in [3.8, 4) is 0 Å². The summed E-state index contributed by atoms with van der Waals surface area (Å²) in [7, 11) is 1.69. The molecule has 60 valence electrons. The third-order valence-electron chi connectivity index (χ3n) is 1.07. The molecule has 1 rings (SSSR count). The second kappa shape index (κ2) is 3.11. The van der Waals surface area contributed by atoms with Crippen molar-refractivity contribution in [2.24, 2.45) is 0 Å². The number of anilines is 2. The van der Waals surface area contributed by atoms with E-state index in [9.17, 15) is 0 Å². The van der Waals surface area contributed by atoms with Crippen LogP contribution in [0.3, 0.4) is 0 Å². The predicted octanol–water partition coefficient (Wildman–Crippen LogP) is 0.0228. The van der Waals surface area contributed by atoms with E-state index in [0.29, 0.717) is 11.8 Å². The molecule has 0 spiro atoms. The third kappa shape index (κ3) is 1.74. The van der Waals surface area contributed by atoms with Crippen LogP contribution in [0.4, 0.5) is 11.9 Å². The minimum Gasteiger partial charge on any atom is -0.357 e. The van der Waals surface area contributed by atoms with Crippen LogP contribution in [-0.4, -0.2) is 27.2 Å². The van der Waals surface area contributed by atoms with Crippen molar-refractivity contribution in [1.82, 2.24) is 15.0 Å². The van der Waals surface area contributed by atoms with Crippen molar-refractivity contribution in [3.05, 3.63) is 5.82 Å². The number of aryl methyl sites for hydroxylation is 1. The lowest BCUT2D eigenvalue weighted by atomic mass is 10.7. The van der Waals surface area contributed by atoms with Gasteiger partial charge < -0.3 is 5.32 Å². The number of hydrogen-bond donors (Lipinski definition) is 3. The van der Waals surface area contributed by atoms with E-state index >= 15 is 0 Å². The minimum atomic E-state index is 0.141. The van der Waals surface area contributed by atoms with Crippen LogP contribution in [-0.2, 0) is 0 Å². The summed E-state index contributed by atoms with van der Waals surface area (Å²) in [6, 6.07) is 0. The van der Waals surface area contributed by atoms with Gasteiger partial charge in [-0.15, -0.1) is 0 Å². The van der Waals surface area contributed by atoms with E-state index in [1.54, 1.807) is 14.0 Å². The molecule has 1 aromatic heterocycles. The Labute approximate surface area is 63.7 Å². The Morgan fingerprint density at radius 3 is 2.36 bits per heavy atom. The number of nitrogens with zero attached hydrogens (tertiary/aromatic N) is 3. The Kier molecular flexibility index (Phi) is 2.17. The second-order valence-electron chi connectivity index (χ2n) is 1.89. The molecule has 1 heterocycles. The molecule has 0 aliphatic heterocycles. The first-order valence-corrected chi connectivity index (χ1v) is 3.07. The first kappa shape index (κ1) is 7.67. The standard InChI is InChI=1S/C5H9N5O/c1-3-7-4(6-2)9-5(8-3)10-11/h11H,1-2H3,(H2,6,7,8,9,10). The summed E-state index contributed by atoms with van der Waals surface area (Å²) in [5.74, 6) is 1.11. The SMILES string of the molecule is CNc1nc(C)nc(NO)n1. The largest absolute Gasteiger partial charge is 0.357 e. The van der Waals surface area contributed by atoms with E-state index in [-0.39, 0.29) is 5.95 Å². The quantitative estimate of drug-likeness (QED) is 0.522. The molecule has 6 heteroatoms. The fourth-order valence-electron chi connectivity index (χ4n) is 0.644. The molecule has 0 unspecified atom stereocenters. The molecule has 0 aromatic carbocycles. The third-order valence-corrected chi connectivity index (χ3v) is 1.07. The molecule has 0 saturated carbocycles. The van der Waals surface area contributed by atoms with E-state index in [0.717, 1.165) is 0 Å². The van der Waals surface area contributed by atoms with Gasteiger partial charge in [-0.05, 0) is 6.92 Å².